The molecule has 2 fully saturated rings. The fourth-order valence-corrected chi connectivity index (χ4v) is 5.34. The van der Waals surface area contributed by atoms with Gasteiger partial charge in [0.1, 0.15) is 12.1 Å². The summed E-state index contributed by atoms with van der Waals surface area (Å²) in [5, 5.41) is 2.81. The second-order valence-electron chi connectivity index (χ2n) is 8.20. The number of carbonyl (C=O) groups excluding carboxylic acids is 3. The van der Waals surface area contributed by atoms with E-state index in [1.165, 1.54) is 18.2 Å². The first-order valence-electron chi connectivity index (χ1n) is 10.7. The molecule has 2 heterocycles. The fraction of sp³-hybridized carbons (Fsp3) is 0.591. The van der Waals surface area contributed by atoms with Gasteiger partial charge in [-0.2, -0.15) is 11.8 Å². The largest absolute Gasteiger partial charge is 0.467 e. The summed E-state index contributed by atoms with van der Waals surface area (Å²) in [4.78, 5) is 40.9. The molecule has 3 aliphatic rings. The monoisotopic (exact) mass is 447 g/mol. The van der Waals surface area contributed by atoms with Crippen LogP contribution >= 0.6 is 11.8 Å². The van der Waals surface area contributed by atoms with Crippen molar-refractivity contribution in [1.29, 1.82) is 0 Å². The van der Waals surface area contributed by atoms with E-state index in [1.54, 1.807) is 16.7 Å². The van der Waals surface area contributed by atoms with E-state index in [9.17, 15) is 14.4 Å². The number of thioether (sulfide) groups is 1. The standard InChI is InChI=1S/C22H29N3O5S/c1-29-20(26)17(9-12-31-2)23-21(27)24-10-7-15(8-11-24)25-19-16-6-4-3-5-14(16)13-18(19)30-22(25)28/h3-6,15,17-19H,7-13H2,1-2H3,(H,23,27)/t17-,18+,19-/m0/s1. The number of methoxy groups -OCH3 is 1. The summed E-state index contributed by atoms with van der Waals surface area (Å²) in [5.41, 5.74) is 2.42. The molecule has 0 saturated carbocycles. The zero-order chi connectivity index (χ0) is 22.0. The molecule has 2 saturated heterocycles. The number of benzene rings is 1. The van der Waals surface area contributed by atoms with Crippen molar-refractivity contribution in [3.05, 3.63) is 35.4 Å². The van der Waals surface area contributed by atoms with E-state index in [2.05, 4.69) is 17.4 Å². The fourth-order valence-electron chi connectivity index (χ4n) is 4.87. The second-order valence-corrected chi connectivity index (χ2v) is 9.19. The molecule has 0 radical (unpaired) electrons. The predicted octanol–water partition coefficient (Wildman–Crippen LogP) is 2.57. The number of ether oxygens (including phenoxy) is 2. The summed E-state index contributed by atoms with van der Waals surface area (Å²) in [6, 6.07) is 7.29. The maximum absolute atomic E-state index is 12.7. The minimum Gasteiger partial charge on any atom is -0.467 e. The van der Waals surface area contributed by atoms with E-state index in [1.807, 2.05) is 23.3 Å². The van der Waals surface area contributed by atoms with Crippen LogP contribution in [0.4, 0.5) is 9.59 Å². The Kier molecular flexibility index (Phi) is 6.60. The van der Waals surface area contributed by atoms with E-state index >= 15 is 0 Å². The lowest BCUT2D eigenvalue weighted by atomic mass is 9.99. The summed E-state index contributed by atoms with van der Waals surface area (Å²) in [6.45, 7) is 1.05. The Bertz CT molecular complexity index is 842. The highest BCUT2D eigenvalue weighted by molar-refractivity contribution is 7.98. The molecule has 168 valence electrons. The molecule has 8 nitrogen and oxygen atoms in total. The summed E-state index contributed by atoms with van der Waals surface area (Å²) in [7, 11) is 1.33. The van der Waals surface area contributed by atoms with E-state index < -0.39 is 12.0 Å². The van der Waals surface area contributed by atoms with Crippen LogP contribution in [-0.2, 0) is 20.7 Å². The van der Waals surface area contributed by atoms with Crippen LogP contribution in [0, 0.1) is 0 Å². The van der Waals surface area contributed by atoms with Crippen molar-refractivity contribution in [2.45, 2.75) is 49.9 Å². The number of esters is 1. The van der Waals surface area contributed by atoms with Gasteiger partial charge >= 0.3 is 18.1 Å². The first kappa shape index (κ1) is 21.8. The van der Waals surface area contributed by atoms with Gasteiger partial charge in [-0.05, 0) is 42.4 Å². The molecule has 0 bridgehead atoms. The van der Waals surface area contributed by atoms with Crippen molar-refractivity contribution >= 4 is 29.9 Å². The number of hydrogen-bond acceptors (Lipinski definition) is 6. The summed E-state index contributed by atoms with van der Waals surface area (Å²) >= 11 is 1.62. The quantitative estimate of drug-likeness (QED) is 0.675. The third-order valence-corrected chi connectivity index (χ3v) is 7.09. The van der Waals surface area contributed by atoms with Gasteiger partial charge in [-0.1, -0.05) is 24.3 Å². The zero-order valence-electron chi connectivity index (χ0n) is 17.9. The van der Waals surface area contributed by atoms with Crippen molar-refractivity contribution in [2.75, 3.05) is 32.2 Å². The topological polar surface area (TPSA) is 88.2 Å². The lowest BCUT2D eigenvalue weighted by Gasteiger charge is -2.38. The Morgan fingerprint density at radius 2 is 2.03 bits per heavy atom. The number of fused-ring (bicyclic) bond motifs is 3. The third kappa shape index (κ3) is 4.33. The second kappa shape index (κ2) is 9.38. The van der Waals surface area contributed by atoms with E-state index in [0.29, 0.717) is 32.4 Å². The number of piperidine rings is 1. The van der Waals surface area contributed by atoms with Crippen LogP contribution in [0.5, 0.6) is 0 Å². The van der Waals surface area contributed by atoms with Crippen molar-refractivity contribution in [3.63, 3.8) is 0 Å². The van der Waals surface area contributed by atoms with Gasteiger partial charge in [-0.3, -0.25) is 4.90 Å². The van der Waals surface area contributed by atoms with Gasteiger partial charge in [-0.15, -0.1) is 0 Å². The van der Waals surface area contributed by atoms with Gasteiger partial charge in [-0.25, -0.2) is 14.4 Å². The van der Waals surface area contributed by atoms with Crippen molar-refractivity contribution in [2.24, 2.45) is 0 Å². The van der Waals surface area contributed by atoms with Crippen molar-refractivity contribution < 1.29 is 23.9 Å². The molecule has 31 heavy (non-hydrogen) atoms. The molecule has 1 N–H and O–H groups in total. The number of nitrogens with one attached hydrogen (secondary N) is 1. The lowest BCUT2D eigenvalue weighted by molar-refractivity contribution is -0.142. The Balaban J connectivity index is 1.37. The minimum atomic E-state index is -0.646. The first-order valence-corrected chi connectivity index (χ1v) is 12.1. The number of nitrogens with zero attached hydrogens (tertiary/aromatic N) is 2. The highest BCUT2D eigenvalue weighted by Crippen LogP contribution is 2.44. The van der Waals surface area contributed by atoms with Crippen LogP contribution in [0.25, 0.3) is 0 Å². The average Bonchev–Trinajstić information content (AvgIpc) is 3.30. The maximum Gasteiger partial charge on any atom is 0.411 e. The van der Waals surface area contributed by atoms with Gasteiger partial charge in [0.15, 0.2) is 0 Å². The van der Waals surface area contributed by atoms with Gasteiger partial charge in [0.2, 0.25) is 0 Å². The molecule has 1 aromatic carbocycles. The number of rotatable bonds is 6. The molecular formula is C22H29N3O5S. The minimum absolute atomic E-state index is 0.0330. The van der Waals surface area contributed by atoms with E-state index in [0.717, 1.165) is 12.2 Å². The van der Waals surface area contributed by atoms with Gasteiger partial charge < -0.3 is 19.7 Å². The average molecular weight is 448 g/mol. The number of carbonyl (C=O) groups is 3. The van der Waals surface area contributed by atoms with Crippen molar-refractivity contribution in [1.82, 2.24) is 15.1 Å². The Morgan fingerprint density at radius 1 is 1.29 bits per heavy atom. The third-order valence-electron chi connectivity index (χ3n) is 6.45. The summed E-state index contributed by atoms with van der Waals surface area (Å²) in [5.74, 6) is 0.325. The maximum atomic E-state index is 12.7. The molecule has 9 heteroatoms. The molecule has 1 aliphatic carbocycles. The summed E-state index contributed by atoms with van der Waals surface area (Å²) < 4.78 is 10.5. The highest BCUT2D eigenvalue weighted by atomic mass is 32.2. The number of likely N-dealkylation sites (tertiary alicyclic amines) is 1. The zero-order valence-corrected chi connectivity index (χ0v) is 18.7. The van der Waals surface area contributed by atoms with Gasteiger partial charge in [0.25, 0.3) is 0 Å². The summed E-state index contributed by atoms with van der Waals surface area (Å²) in [6.07, 6.45) is 4.23. The van der Waals surface area contributed by atoms with Crippen LogP contribution in [-0.4, -0.2) is 78.3 Å². The number of urea groups is 1. The van der Waals surface area contributed by atoms with Crippen LogP contribution in [0.1, 0.15) is 36.4 Å². The molecule has 4 rings (SSSR count). The van der Waals surface area contributed by atoms with Crippen LogP contribution in [0.2, 0.25) is 0 Å². The molecule has 0 spiro atoms. The first-order chi connectivity index (χ1) is 15.0. The van der Waals surface area contributed by atoms with E-state index in [4.69, 9.17) is 9.47 Å². The van der Waals surface area contributed by atoms with Gasteiger partial charge in [0.05, 0.1) is 13.2 Å². The number of amides is 3. The predicted molar refractivity (Wildman–Crippen MR) is 117 cm³/mol. The Hall–Kier alpha value is -2.42. The van der Waals surface area contributed by atoms with Crippen molar-refractivity contribution in [3.8, 4) is 0 Å². The highest BCUT2D eigenvalue weighted by Gasteiger charge is 2.50. The van der Waals surface area contributed by atoms with Gasteiger partial charge in [0, 0.05) is 25.6 Å². The number of hydrogen-bond donors (Lipinski definition) is 1. The molecule has 1 aromatic rings. The van der Waals surface area contributed by atoms with Crippen LogP contribution in [0.15, 0.2) is 24.3 Å². The normalized spacial score (nSPS) is 23.7. The molecule has 3 atom stereocenters. The van der Waals surface area contributed by atoms with E-state index in [-0.39, 0.29) is 30.3 Å². The Labute approximate surface area is 186 Å². The molecule has 2 aliphatic heterocycles. The molecule has 0 unspecified atom stereocenters. The molecule has 3 amide bonds. The smallest absolute Gasteiger partial charge is 0.411 e. The van der Waals surface area contributed by atoms with Crippen LogP contribution in [0.3, 0.4) is 0 Å². The SMILES string of the molecule is COC(=O)[C@H](CCSC)NC(=O)N1CCC(N2C(=O)O[C@@H]3Cc4ccccc4[C@@H]32)CC1. The molecule has 0 aromatic heterocycles. The Morgan fingerprint density at radius 3 is 2.74 bits per heavy atom. The molecular weight excluding hydrogens is 418 g/mol. The van der Waals surface area contributed by atoms with Crippen LogP contribution < -0.4 is 5.32 Å². The lowest BCUT2D eigenvalue weighted by Crippen LogP contribution is -2.53.